The number of anilines is 1. The van der Waals surface area contributed by atoms with E-state index in [9.17, 15) is 4.39 Å². The SMILES string of the molecule is CCC(N)(C#N)CCCN1CCc2ccc(F)cc21. The molecule has 1 aromatic rings. The highest BCUT2D eigenvalue weighted by Crippen LogP contribution is 2.29. The van der Waals surface area contributed by atoms with Gasteiger partial charge in [0, 0.05) is 18.8 Å². The highest BCUT2D eigenvalue weighted by Gasteiger charge is 2.23. The fourth-order valence-electron chi connectivity index (χ4n) is 2.55. The molecule has 1 unspecified atom stereocenters. The van der Waals surface area contributed by atoms with E-state index in [0.717, 1.165) is 31.6 Å². The van der Waals surface area contributed by atoms with E-state index in [2.05, 4.69) is 11.0 Å². The van der Waals surface area contributed by atoms with Crippen molar-refractivity contribution in [3.05, 3.63) is 29.6 Å². The summed E-state index contributed by atoms with van der Waals surface area (Å²) in [6.45, 7) is 3.69. The standard InChI is InChI=1S/C15H20FN3/c1-2-15(18,11-17)7-3-8-19-9-6-12-4-5-13(16)10-14(12)19/h4-5,10H,2-3,6-9,18H2,1H3. The Kier molecular flexibility index (Phi) is 4.06. The lowest BCUT2D eigenvalue weighted by Crippen LogP contribution is -2.38. The topological polar surface area (TPSA) is 53.1 Å². The summed E-state index contributed by atoms with van der Waals surface area (Å²) < 4.78 is 13.3. The zero-order valence-corrected chi connectivity index (χ0v) is 11.3. The Hall–Kier alpha value is -1.60. The molecule has 0 spiro atoms. The zero-order valence-electron chi connectivity index (χ0n) is 11.3. The van der Waals surface area contributed by atoms with Crippen LogP contribution in [0.2, 0.25) is 0 Å². The second-order valence-corrected chi connectivity index (χ2v) is 5.24. The van der Waals surface area contributed by atoms with Gasteiger partial charge in [0.05, 0.1) is 6.07 Å². The molecule has 0 bridgehead atoms. The Morgan fingerprint density at radius 2 is 2.32 bits per heavy atom. The highest BCUT2D eigenvalue weighted by molar-refractivity contribution is 5.58. The van der Waals surface area contributed by atoms with E-state index < -0.39 is 5.54 Å². The average Bonchev–Trinajstić information content (AvgIpc) is 2.81. The van der Waals surface area contributed by atoms with Gasteiger partial charge in [-0.2, -0.15) is 5.26 Å². The molecule has 0 fully saturated rings. The number of hydrogen-bond donors (Lipinski definition) is 1. The van der Waals surface area contributed by atoms with Crippen LogP contribution < -0.4 is 10.6 Å². The monoisotopic (exact) mass is 261 g/mol. The van der Waals surface area contributed by atoms with Crippen molar-refractivity contribution in [2.45, 2.75) is 38.1 Å². The summed E-state index contributed by atoms with van der Waals surface area (Å²) in [6, 6.07) is 7.15. The first-order chi connectivity index (χ1) is 9.08. The molecule has 1 aromatic carbocycles. The average molecular weight is 261 g/mol. The van der Waals surface area contributed by atoms with Crippen LogP contribution in [-0.2, 0) is 6.42 Å². The number of nitrogens with zero attached hydrogens (tertiary/aromatic N) is 2. The molecular formula is C15H20FN3. The quantitative estimate of drug-likeness (QED) is 0.886. The Balaban J connectivity index is 1.93. The molecule has 3 nitrogen and oxygen atoms in total. The summed E-state index contributed by atoms with van der Waals surface area (Å²) in [4.78, 5) is 2.19. The number of nitriles is 1. The molecule has 0 aromatic heterocycles. The van der Waals surface area contributed by atoms with E-state index in [4.69, 9.17) is 11.0 Å². The maximum Gasteiger partial charge on any atom is 0.125 e. The van der Waals surface area contributed by atoms with Crippen molar-refractivity contribution in [3.8, 4) is 6.07 Å². The minimum atomic E-state index is -0.718. The molecule has 2 N–H and O–H groups in total. The van der Waals surface area contributed by atoms with E-state index in [0.29, 0.717) is 12.8 Å². The third kappa shape index (κ3) is 3.05. The number of rotatable bonds is 5. The molecule has 0 aliphatic carbocycles. The van der Waals surface area contributed by atoms with Gasteiger partial charge in [-0.3, -0.25) is 0 Å². The summed E-state index contributed by atoms with van der Waals surface area (Å²) in [6.07, 6.45) is 3.17. The molecule has 19 heavy (non-hydrogen) atoms. The lowest BCUT2D eigenvalue weighted by atomic mass is 9.93. The third-order valence-corrected chi connectivity index (χ3v) is 3.94. The van der Waals surface area contributed by atoms with Crippen LogP contribution in [0.3, 0.4) is 0 Å². The summed E-state index contributed by atoms with van der Waals surface area (Å²) in [5.74, 6) is -0.190. The molecule has 1 atom stereocenters. The first-order valence-electron chi connectivity index (χ1n) is 6.81. The third-order valence-electron chi connectivity index (χ3n) is 3.94. The summed E-state index contributed by atoms with van der Waals surface area (Å²) in [5, 5.41) is 9.03. The molecule has 4 heteroatoms. The smallest absolute Gasteiger partial charge is 0.125 e. The van der Waals surface area contributed by atoms with Crippen molar-refractivity contribution in [2.24, 2.45) is 5.73 Å². The van der Waals surface area contributed by atoms with Crippen LogP contribution in [0.15, 0.2) is 18.2 Å². The maximum atomic E-state index is 13.3. The van der Waals surface area contributed by atoms with Crippen molar-refractivity contribution in [1.82, 2.24) is 0 Å². The van der Waals surface area contributed by atoms with Gasteiger partial charge in [0.25, 0.3) is 0 Å². The van der Waals surface area contributed by atoms with Gasteiger partial charge in [-0.15, -0.1) is 0 Å². The number of nitrogens with two attached hydrogens (primary N) is 1. The maximum absolute atomic E-state index is 13.3. The lowest BCUT2D eigenvalue weighted by Gasteiger charge is -2.23. The number of hydrogen-bond acceptors (Lipinski definition) is 3. The zero-order chi connectivity index (χ0) is 13.9. The van der Waals surface area contributed by atoms with Gasteiger partial charge in [0.15, 0.2) is 0 Å². The van der Waals surface area contributed by atoms with E-state index >= 15 is 0 Å². The number of fused-ring (bicyclic) bond motifs is 1. The fraction of sp³-hybridized carbons (Fsp3) is 0.533. The van der Waals surface area contributed by atoms with Crippen LogP contribution in [0, 0.1) is 17.1 Å². The van der Waals surface area contributed by atoms with Crippen molar-refractivity contribution in [1.29, 1.82) is 5.26 Å². The second kappa shape index (κ2) is 5.58. The minimum absolute atomic E-state index is 0.190. The first-order valence-corrected chi connectivity index (χ1v) is 6.81. The van der Waals surface area contributed by atoms with Crippen LogP contribution in [0.5, 0.6) is 0 Å². The van der Waals surface area contributed by atoms with Crippen molar-refractivity contribution < 1.29 is 4.39 Å². The van der Waals surface area contributed by atoms with Gasteiger partial charge in [-0.05, 0) is 43.4 Å². The molecule has 0 saturated carbocycles. The lowest BCUT2D eigenvalue weighted by molar-refractivity contribution is 0.465. The molecule has 0 radical (unpaired) electrons. The second-order valence-electron chi connectivity index (χ2n) is 5.24. The summed E-state index contributed by atoms with van der Waals surface area (Å²) >= 11 is 0. The molecule has 1 aliphatic heterocycles. The van der Waals surface area contributed by atoms with Gasteiger partial charge in [0.1, 0.15) is 11.4 Å². The van der Waals surface area contributed by atoms with Crippen LogP contribution in [0.4, 0.5) is 10.1 Å². The van der Waals surface area contributed by atoms with Gasteiger partial charge >= 0.3 is 0 Å². The van der Waals surface area contributed by atoms with E-state index in [1.54, 1.807) is 6.07 Å². The summed E-state index contributed by atoms with van der Waals surface area (Å²) in [5.41, 5.74) is 7.44. The van der Waals surface area contributed by atoms with Gasteiger partial charge in [-0.1, -0.05) is 13.0 Å². The highest BCUT2D eigenvalue weighted by atomic mass is 19.1. The van der Waals surface area contributed by atoms with Crippen LogP contribution >= 0.6 is 0 Å². The van der Waals surface area contributed by atoms with Gasteiger partial charge in [0.2, 0.25) is 0 Å². The van der Waals surface area contributed by atoms with Crippen molar-refractivity contribution in [3.63, 3.8) is 0 Å². The molecular weight excluding hydrogens is 241 g/mol. The van der Waals surface area contributed by atoms with Crippen LogP contribution in [-0.4, -0.2) is 18.6 Å². The van der Waals surface area contributed by atoms with E-state index in [-0.39, 0.29) is 5.82 Å². The molecule has 0 amide bonds. The van der Waals surface area contributed by atoms with E-state index in [1.165, 1.54) is 11.6 Å². The molecule has 102 valence electrons. The van der Waals surface area contributed by atoms with Gasteiger partial charge < -0.3 is 10.6 Å². The van der Waals surface area contributed by atoms with Crippen LogP contribution in [0.1, 0.15) is 31.7 Å². The number of benzene rings is 1. The van der Waals surface area contributed by atoms with Crippen molar-refractivity contribution >= 4 is 5.69 Å². The predicted molar refractivity (Wildman–Crippen MR) is 74.4 cm³/mol. The first kappa shape index (κ1) is 13.8. The van der Waals surface area contributed by atoms with Crippen molar-refractivity contribution in [2.75, 3.05) is 18.0 Å². The Labute approximate surface area is 113 Å². The Morgan fingerprint density at radius 3 is 3.00 bits per heavy atom. The van der Waals surface area contributed by atoms with E-state index in [1.807, 2.05) is 13.0 Å². The molecule has 1 aliphatic rings. The Bertz CT molecular complexity index is 495. The molecule has 2 rings (SSSR count). The normalized spacial score (nSPS) is 16.8. The Morgan fingerprint density at radius 1 is 1.53 bits per heavy atom. The van der Waals surface area contributed by atoms with Crippen LogP contribution in [0.25, 0.3) is 0 Å². The summed E-state index contributed by atoms with van der Waals surface area (Å²) in [7, 11) is 0. The molecule has 1 heterocycles. The minimum Gasteiger partial charge on any atom is -0.371 e. The van der Waals surface area contributed by atoms with Gasteiger partial charge in [-0.25, -0.2) is 4.39 Å². The molecule has 0 saturated heterocycles. The predicted octanol–water partition coefficient (Wildman–Crippen LogP) is 2.60. The number of halogens is 1. The fourth-order valence-corrected chi connectivity index (χ4v) is 2.55. The largest absolute Gasteiger partial charge is 0.371 e.